The van der Waals surface area contributed by atoms with Gasteiger partial charge in [-0.25, -0.2) is 9.97 Å². The fraction of sp³-hybridized carbons (Fsp3) is 0.474. The maximum Gasteiger partial charge on any atom is 0.157 e. The number of anilines is 1. The first-order chi connectivity index (χ1) is 12.9. The van der Waals surface area contributed by atoms with E-state index in [0.29, 0.717) is 5.02 Å². The molecule has 1 fully saturated rings. The van der Waals surface area contributed by atoms with Gasteiger partial charge in [0.2, 0.25) is 0 Å². The number of hydrogen-bond donors (Lipinski definition) is 0. The monoisotopic (exact) mass is 450 g/mol. The molecule has 144 valence electrons. The Morgan fingerprint density at radius 1 is 1.19 bits per heavy atom. The van der Waals surface area contributed by atoms with Crippen molar-refractivity contribution in [2.45, 2.75) is 6.54 Å². The van der Waals surface area contributed by atoms with Gasteiger partial charge in [0.05, 0.1) is 17.4 Å². The number of nitrogens with zero attached hydrogens (tertiary/aromatic N) is 6. The highest BCUT2D eigenvalue weighted by atomic mass is 79.9. The van der Waals surface area contributed by atoms with Crippen LogP contribution in [0.15, 0.2) is 22.9 Å². The normalized spacial score (nSPS) is 16.1. The molecule has 0 bridgehead atoms. The lowest BCUT2D eigenvalue weighted by Crippen LogP contribution is -2.44. The molecule has 3 aromatic rings. The first kappa shape index (κ1) is 18.9. The number of piperazine rings is 1. The van der Waals surface area contributed by atoms with E-state index in [4.69, 9.17) is 21.6 Å². The maximum absolute atomic E-state index is 6.33. The van der Waals surface area contributed by atoms with E-state index in [1.165, 1.54) is 0 Å². The van der Waals surface area contributed by atoms with Crippen LogP contribution in [0.5, 0.6) is 0 Å². The van der Waals surface area contributed by atoms with Crippen molar-refractivity contribution in [3.05, 3.63) is 28.0 Å². The number of imidazole rings is 1. The molecular weight excluding hydrogens is 428 g/mol. The molecule has 1 aromatic carbocycles. The molecule has 0 unspecified atom stereocenters. The van der Waals surface area contributed by atoms with Gasteiger partial charge in [-0.3, -0.25) is 0 Å². The average molecular weight is 452 g/mol. The number of aromatic nitrogens is 3. The minimum atomic E-state index is 0.685. The molecule has 1 aliphatic heterocycles. The van der Waals surface area contributed by atoms with Gasteiger partial charge in [0, 0.05) is 54.2 Å². The summed E-state index contributed by atoms with van der Waals surface area (Å²) in [5.74, 6) is 0.961. The summed E-state index contributed by atoms with van der Waals surface area (Å²) < 4.78 is 3.19. The minimum absolute atomic E-state index is 0.685. The predicted molar refractivity (Wildman–Crippen MR) is 116 cm³/mol. The van der Waals surface area contributed by atoms with Crippen LogP contribution in [-0.2, 0) is 6.54 Å². The molecule has 0 N–H and O–H groups in total. The highest BCUT2D eigenvalue weighted by Gasteiger charge is 2.23. The second kappa shape index (κ2) is 7.54. The van der Waals surface area contributed by atoms with Gasteiger partial charge < -0.3 is 19.3 Å². The van der Waals surface area contributed by atoms with Crippen molar-refractivity contribution in [3.8, 4) is 0 Å². The van der Waals surface area contributed by atoms with Crippen LogP contribution >= 0.6 is 27.5 Å². The van der Waals surface area contributed by atoms with Crippen LogP contribution in [0, 0.1) is 0 Å². The fourth-order valence-corrected chi connectivity index (χ4v) is 4.56. The van der Waals surface area contributed by atoms with Crippen LogP contribution in [0.2, 0.25) is 5.02 Å². The Morgan fingerprint density at radius 2 is 1.93 bits per heavy atom. The third-order valence-corrected chi connectivity index (χ3v) is 5.98. The molecule has 0 atom stereocenters. The Morgan fingerprint density at radius 3 is 2.63 bits per heavy atom. The molecule has 8 heteroatoms. The Bertz CT molecular complexity index is 977. The number of benzene rings is 1. The molecule has 6 nitrogen and oxygen atoms in total. The van der Waals surface area contributed by atoms with Crippen LogP contribution in [-0.4, -0.2) is 78.2 Å². The predicted octanol–water partition coefficient (Wildman–Crippen LogP) is 3.31. The molecule has 2 aromatic heterocycles. The zero-order valence-corrected chi connectivity index (χ0v) is 18.3. The van der Waals surface area contributed by atoms with Gasteiger partial charge in [0.1, 0.15) is 5.52 Å². The van der Waals surface area contributed by atoms with E-state index in [2.05, 4.69) is 56.3 Å². The molecule has 0 saturated carbocycles. The van der Waals surface area contributed by atoms with Crippen molar-refractivity contribution in [2.24, 2.45) is 0 Å². The third kappa shape index (κ3) is 3.66. The van der Waals surface area contributed by atoms with Crippen molar-refractivity contribution in [1.82, 2.24) is 24.3 Å². The number of fused-ring (bicyclic) bond motifs is 3. The molecule has 1 saturated heterocycles. The summed E-state index contributed by atoms with van der Waals surface area (Å²) in [4.78, 5) is 16.6. The molecule has 3 heterocycles. The van der Waals surface area contributed by atoms with Gasteiger partial charge in [-0.15, -0.1) is 0 Å². The second-order valence-electron chi connectivity index (χ2n) is 7.45. The maximum atomic E-state index is 6.33. The molecule has 0 radical (unpaired) electrons. The molecule has 1 aliphatic rings. The molecule has 27 heavy (non-hydrogen) atoms. The lowest BCUT2D eigenvalue weighted by molar-refractivity contribution is 0.312. The fourth-order valence-electron chi connectivity index (χ4n) is 3.57. The van der Waals surface area contributed by atoms with Gasteiger partial charge in [0.25, 0.3) is 0 Å². The topological polar surface area (TPSA) is 40.4 Å². The van der Waals surface area contributed by atoms with Crippen LogP contribution in [0.25, 0.3) is 21.9 Å². The first-order valence-corrected chi connectivity index (χ1v) is 10.3. The van der Waals surface area contributed by atoms with E-state index in [9.17, 15) is 0 Å². The highest BCUT2D eigenvalue weighted by molar-refractivity contribution is 9.10. The van der Waals surface area contributed by atoms with Crippen LogP contribution in [0.1, 0.15) is 0 Å². The van der Waals surface area contributed by atoms with E-state index in [-0.39, 0.29) is 0 Å². The quantitative estimate of drug-likeness (QED) is 0.609. The van der Waals surface area contributed by atoms with Crippen LogP contribution in [0.3, 0.4) is 0 Å². The Kier molecular flexibility index (Phi) is 5.29. The van der Waals surface area contributed by atoms with E-state index in [0.717, 1.165) is 71.5 Å². The summed E-state index contributed by atoms with van der Waals surface area (Å²) in [6, 6.07) is 3.88. The lowest BCUT2D eigenvalue weighted by Gasteiger charge is -2.33. The number of pyridine rings is 1. The minimum Gasteiger partial charge on any atom is -0.352 e. The van der Waals surface area contributed by atoms with E-state index >= 15 is 0 Å². The van der Waals surface area contributed by atoms with E-state index in [1.807, 2.05) is 18.5 Å². The van der Waals surface area contributed by atoms with Crippen molar-refractivity contribution < 1.29 is 0 Å². The van der Waals surface area contributed by atoms with E-state index < -0.39 is 0 Å². The van der Waals surface area contributed by atoms with Crippen molar-refractivity contribution in [2.75, 3.05) is 58.8 Å². The van der Waals surface area contributed by atoms with Crippen LogP contribution in [0.4, 0.5) is 5.82 Å². The first-order valence-electron chi connectivity index (χ1n) is 9.16. The standard InChI is InChI=1S/C19H24BrClN6/c1-24(2)4-7-27-12-22-17-18(27)16-14(20)10-13(21)11-15(16)23-19(17)26-8-5-25(3)6-9-26/h10-12H,4-9H2,1-3H3. The summed E-state index contributed by atoms with van der Waals surface area (Å²) in [5.41, 5.74) is 3.00. The summed E-state index contributed by atoms with van der Waals surface area (Å²) in [6.45, 7) is 5.79. The zero-order valence-electron chi connectivity index (χ0n) is 15.9. The Labute approximate surface area is 172 Å². The van der Waals surface area contributed by atoms with E-state index in [1.54, 1.807) is 0 Å². The summed E-state index contributed by atoms with van der Waals surface area (Å²) in [7, 11) is 6.34. The molecule has 4 rings (SSSR count). The number of halogens is 2. The number of hydrogen-bond acceptors (Lipinski definition) is 5. The molecular formula is C19H24BrClN6. The summed E-state index contributed by atoms with van der Waals surface area (Å²) in [5, 5.41) is 1.76. The second-order valence-corrected chi connectivity index (χ2v) is 8.74. The molecule has 0 spiro atoms. The Hall–Kier alpha value is -1.41. The zero-order chi connectivity index (χ0) is 19.1. The van der Waals surface area contributed by atoms with Crippen molar-refractivity contribution in [1.29, 1.82) is 0 Å². The van der Waals surface area contributed by atoms with Gasteiger partial charge in [-0.05, 0) is 49.2 Å². The van der Waals surface area contributed by atoms with Crippen molar-refractivity contribution in [3.63, 3.8) is 0 Å². The van der Waals surface area contributed by atoms with Crippen molar-refractivity contribution >= 4 is 55.3 Å². The number of likely N-dealkylation sites (N-methyl/N-ethyl adjacent to an activating group) is 2. The molecule has 0 amide bonds. The average Bonchev–Trinajstić information content (AvgIpc) is 3.03. The summed E-state index contributed by atoms with van der Waals surface area (Å²) >= 11 is 10.0. The van der Waals surface area contributed by atoms with Gasteiger partial charge in [-0.2, -0.15) is 0 Å². The van der Waals surface area contributed by atoms with Crippen LogP contribution < -0.4 is 4.90 Å². The lowest BCUT2D eigenvalue weighted by atomic mass is 10.1. The van der Waals surface area contributed by atoms with Gasteiger partial charge in [-0.1, -0.05) is 11.6 Å². The van der Waals surface area contributed by atoms with Gasteiger partial charge in [0.15, 0.2) is 5.82 Å². The van der Waals surface area contributed by atoms with Gasteiger partial charge >= 0.3 is 0 Å². The molecule has 0 aliphatic carbocycles. The third-order valence-electron chi connectivity index (χ3n) is 5.14. The smallest absolute Gasteiger partial charge is 0.157 e. The largest absolute Gasteiger partial charge is 0.352 e. The summed E-state index contributed by atoms with van der Waals surface area (Å²) in [6.07, 6.45) is 1.94. The number of rotatable bonds is 4. The highest BCUT2D eigenvalue weighted by Crippen LogP contribution is 2.36. The SMILES string of the molecule is CN(C)CCn1cnc2c(N3CCN(C)CC3)nc3cc(Cl)cc(Br)c3c21. The Balaban J connectivity index is 1.92.